The van der Waals surface area contributed by atoms with Crippen LogP contribution in [0.2, 0.25) is 0 Å². The zero-order valence-corrected chi connectivity index (χ0v) is 10.5. The Labute approximate surface area is 97.5 Å². The molecule has 0 N–H and O–H groups in total. The summed E-state index contributed by atoms with van der Waals surface area (Å²) in [4.78, 5) is 17.9. The molecule has 0 aliphatic carbocycles. The van der Waals surface area contributed by atoms with E-state index in [1.807, 2.05) is 19.1 Å². The van der Waals surface area contributed by atoms with Gasteiger partial charge >= 0.3 is 0 Å². The average Bonchev–Trinajstić information content (AvgIpc) is 2.26. The molecule has 0 fully saturated rings. The van der Waals surface area contributed by atoms with Crippen LogP contribution in [0.5, 0.6) is 0 Å². The lowest BCUT2D eigenvalue weighted by Crippen LogP contribution is -2.27. The van der Waals surface area contributed by atoms with E-state index < -0.39 is 0 Å². The molecule has 16 heavy (non-hydrogen) atoms. The standard InChI is InChI=1S/C13H20N2O/c1-5-15(4)13(16)12-8-6-7-11(14-12)9-10(2)3/h6-8,10H,5,9H2,1-4H3. The summed E-state index contributed by atoms with van der Waals surface area (Å²) in [6.45, 7) is 6.95. The fraction of sp³-hybridized carbons (Fsp3) is 0.538. The molecule has 3 heteroatoms. The van der Waals surface area contributed by atoms with E-state index in [1.165, 1.54) is 0 Å². The smallest absolute Gasteiger partial charge is 0.272 e. The number of pyridine rings is 1. The Kier molecular flexibility index (Phi) is 4.47. The Hall–Kier alpha value is -1.38. The highest BCUT2D eigenvalue weighted by molar-refractivity contribution is 5.92. The first-order valence-corrected chi connectivity index (χ1v) is 5.76. The summed E-state index contributed by atoms with van der Waals surface area (Å²) in [7, 11) is 1.79. The van der Waals surface area contributed by atoms with E-state index in [-0.39, 0.29) is 5.91 Å². The van der Waals surface area contributed by atoms with Gasteiger partial charge in [-0.2, -0.15) is 0 Å². The predicted octanol–water partition coefficient (Wildman–Crippen LogP) is 2.37. The quantitative estimate of drug-likeness (QED) is 0.780. The van der Waals surface area contributed by atoms with E-state index in [1.54, 1.807) is 18.0 Å². The fourth-order valence-electron chi connectivity index (χ4n) is 1.47. The van der Waals surface area contributed by atoms with Crippen LogP contribution < -0.4 is 0 Å². The number of carbonyl (C=O) groups excluding carboxylic acids is 1. The van der Waals surface area contributed by atoms with Gasteiger partial charge in [0.05, 0.1) is 0 Å². The molecule has 0 saturated heterocycles. The molecule has 0 bridgehead atoms. The topological polar surface area (TPSA) is 33.2 Å². The van der Waals surface area contributed by atoms with Gasteiger partial charge in [-0.15, -0.1) is 0 Å². The first-order valence-electron chi connectivity index (χ1n) is 5.76. The van der Waals surface area contributed by atoms with Crippen molar-refractivity contribution in [2.24, 2.45) is 5.92 Å². The van der Waals surface area contributed by atoms with Crippen molar-refractivity contribution in [2.45, 2.75) is 27.2 Å². The molecule has 1 rings (SSSR count). The van der Waals surface area contributed by atoms with Crippen molar-refractivity contribution >= 4 is 5.91 Å². The molecule has 1 aromatic rings. The zero-order chi connectivity index (χ0) is 12.1. The summed E-state index contributed by atoms with van der Waals surface area (Å²) >= 11 is 0. The van der Waals surface area contributed by atoms with Gasteiger partial charge in [0.15, 0.2) is 0 Å². The third-order valence-corrected chi connectivity index (χ3v) is 2.46. The highest BCUT2D eigenvalue weighted by atomic mass is 16.2. The van der Waals surface area contributed by atoms with Crippen LogP contribution in [0, 0.1) is 5.92 Å². The summed E-state index contributed by atoms with van der Waals surface area (Å²) in [5, 5.41) is 0. The minimum Gasteiger partial charge on any atom is -0.341 e. The monoisotopic (exact) mass is 220 g/mol. The molecule has 0 spiro atoms. The van der Waals surface area contributed by atoms with Crippen molar-refractivity contribution in [3.63, 3.8) is 0 Å². The molecule has 1 aromatic heterocycles. The van der Waals surface area contributed by atoms with E-state index in [9.17, 15) is 4.79 Å². The number of carbonyl (C=O) groups is 1. The second-order valence-corrected chi connectivity index (χ2v) is 4.43. The molecule has 0 aromatic carbocycles. The van der Waals surface area contributed by atoms with Crippen LogP contribution >= 0.6 is 0 Å². The first-order chi connectivity index (χ1) is 7.54. The molecule has 0 saturated carbocycles. The maximum absolute atomic E-state index is 11.9. The van der Waals surface area contributed by atoms with E-state index in [0.29, 0.717) is 18.2 Å². The Morgan fingerprint density at radius 1 is 1.44 bits per heavy atom. The maximum atomic E-state index is 11.9. The first kappa shape index (κ1) is 12.7. The van der Waals surface area contributed by atoms with Crippen molar-refractivity contribution in [3.05, 3.63) is 29.6 Å². The number of hydrogen-bond donors (Lipinski definition) is 0. The van der Waals surface area contributed by atoms with Gasteiger partial charge in [0.2, 0.25) is 0 Å². The normalized spacial score (nSPS) is 10.6. The third kappa shape index (κ3) is 3.33. The zero-order valence-electron chi connectivity index (χ0n) is 10.5. The lowest BCUT2D eigenvalue weighted by atomic mass is 10.1. The fourth-order valence-corrected chi connectivity index (χ4v) is 1.47. The average molecular weight is 220 g/mol. The molecule has 0 unspecified atom stereocenters. The van der Waals surface area contributed by atoms with E-state index >= 15 is 0 Å². The van der Waals surface area contributed by atoms with Gasteiger partial charge in [-0.25, -0.2) is 4.98 Å². The van der Waals surface area contributed by atoms with Crippen molar-refractivity contribution in [3.8, 4) is 0 Å². The molecule has 0 atom stereocenters. The molecule has 0 aliphatic rings. The Bertz CT molecular complexity index is 361. The summed E-state index contributed by atoms with van der Waals surface area (Å²) in [6.07, 6.45) is 0.914. The second kappa shape index (κ2) is 5.64. The molecule has 1 amide bonds. The van der Waals surface area contributed by atoms with Gasteiger partial charge in [0.25, 0.3) is 5.91 Å². The van der Waals surface area contributed by atoms with Crippen LogP contribution in [0.15, 0.2) is 18.2 Å². The highest BCUT2D eigenvalue weighted by Gasteiger charge is 2.11. The van der Waals surface area contributed by atoms with Gasteiger partial charge in [0, 0.05) is 19.3 Å². The van der Waals surface area contributed by atoms with Crippen LogP contribution in [0.25, 0.3) is 0 Å². The van der Waals surface area contributed by atoms with Gasteiger partial charge in [-0.1, -0.05) is 19.9 Å². The number of rotatable bonds is 4. The largest absolute Gasteiger partial charge is 0.341 e. The molecular formula is C13H20N2O. The summed E-state index contributed by atoms with van der Waals surface area (Å²) in [5.41, 5.74) is 1.54. The minimum atomic E-state index is -0.00638. The van der Waals surface area contributed by atoms with Crippen LogP contribution in [-0.2, 0) is 6.42 Å². The van der Waals surface area contributed by atoms with E-state index in [4.69, 9.17) is 0 Å². The van der Waals surface area contributed by atoms with Crippen molar-refractivity contribution in [2.75, 3.05) is 13.6 Å². The van der Waals surface area contributed by atoms with E-state index in [0.717, 1.165) is 12.1 Å². The van der Waals surface area contributed by atoms with Crippen LogP contribution in [-0.4, -0.2) is 29.4 Å². The Morgan fingerprint density at radius 3 is 2.69 bits per heavy atom. The van der Waals surface area contributed by atoms with Crippen LogP contribution in [0.4, 0.5) is 0 Å². The van der Waals surface area contributed by atoms with Gasteiger partial charge in [-0.3, -0.25) is 4.79 Å². The van der Waals surface area contributed by atoms with E-state index in [2.05, 4.69) is 18.8 Å². The number of hydrogen-bond acceptors (Lipinski definition) is 2. The molecular weight excluding hydrogens is 200 g/mol. The van der Waals surface area contributed by atoms with Gasteiger partial charge in [-0.05, 0) is 31.4 Å². The third-order valence-electron chi connectivity index (χ3n) is 2.46. The number of nitrogens with zero attached hydrogens (tertiary/aromatic N) is 2. The summed E-state index contributed by atoms with van der Waals surface area (Å²) in [5.74, 6) is 0.551. The molecule has 3 nitrogen and oxygen atoms in total. The predicted molar refractivity (Wildman–Crippen MR) is 65.4 cm³/mol. The molecule has 1 heterocycles. The van der Waals surface area contributed by atoms with Gasteiger partial charge in [0.1, 0.15) is 5.69 Å². The maximum Gasteiger partial charge on any atom is 0.272 e. The Morgan fingerprint density at radius 2 is 2.12 bits per heavy atom. The highest BCUT2D eigenvalue weighted by Crippen LogP contribution is 2.07. The summed E-state index contributed by atoms with van der Waals surface area (Å²) in [6, 6.07) is 5.66. The number of amides is 1. The van der Waals surface area contributed by atoms with Gasteiger partial charge < -0.3 is 4.90 Å². The Balaban J connectivity index is 2.85. The van der Waals surface area contributed by atoms with Crippen molar-refractivity contribution < 1.29 is 4.79 Å². The molecule has 0 radical (unpaired) electrons. The number of aromatic nitrogens is 1. The van der Waals surface area contributed by atoms with Crippen molar-refractivity contribution in [1.82, 2.24) is 9.88 Å². The van der Waals surface area contributed by atoms with Crippen LogP contribution in [0.1, 0.15) is 37.0 Å². The van der Waals surface area contributed by atoms with Crippen LogP contribution in [0.3, 0.4) is 0 Å². The molecule has 0 aliphatic heterocycles. The lowest BCUT2D eigenvalue weighted by molar-refractivity contribution is 0.0796. The molecule has 88 valence electrons. The minimum absolute atomic E-state index is 0.00638. The summed E-state index contributed by atoms with van der Waals surface area (Å²) < 4.78 is 0. The SMILES string of the molecule is CCN(C)C(=O)c1cccc(CC(C)C)n1. The second-order valence-electron chi connectivity index (χ2n) is 4.43. The lowest BCUT2D eigenvalue weighted by Gasteiger charge is -2.14. The van der Waals surface area contributed by atoms with Crippen molar-refractivity contribution in [1.29, 1.82) is 0 Å².